The standard InChI is InChI=1S/C17H15ClO3/c18-16-6-2-5-15(10-16)12-21-11-14-4-1-3-13(9-14)7-8-17(19)20/h1-10H,11-12H2,(H,19,20). The summed E-state index contributed by atoms with van der Waals surface area (Å²) in [6, 6.07) is 15.1. The number of carboxylic acids is 1. The Morgan fingerprint density at radius 2 is 1.76 bits per heavy atom. The number of ether oxygens (including phenoxy) is 1. The molecular formula is C17H15ClO3. The molecule has 0 aromatic heterocycles. The van der Waals surface area contributed by atoms with E-state index in [4.69, 9.17) is 21.4 Å². The van der Waals surface area contributed by atoms with Crippen LogP contribution in [0.1, 0.15) is 16.7 Å². The van der Waals surface area contributed by atoms with Crippen molar-refractivity contribution in [3.63, 3.8) is 0 Å². The van der Waals surface area contributed by atoms with Crippen molar-refractivity contribution in [3.8, 4) is 0 Å². The van der Waals surface area contributed by atoms with Crippen LogP contribution >= 0.6 is 11.6 Å². The SMILES string of the molecule is O=C(O)C=Cc1cccc(COCc2cccc(Cl)c2)c1. The first-order valence-corrected chi connectivity index (χ1v) is 6.83. The summed E-state index contributed by atoms with van der Waals surface area (Å²) in [5.41, 5.74) is 2.84. The molecule has 2 aromatic rings. The zero-order chi connectivity index (χ0) is 15.1. The third-order valence-corrected chi connectivity index (χ3v) is 3.03. The summed E-state index contributed by atoms with van der Waals surface area (Å²) in [5, 5.41) is 9.30. The number of rotatable bonds is 6. The highest BCUT2D eigenvalue weighted by Gasteiger charge is 1.98. The van der Waals surface area contributed by atoms with Crippen LogP contribution in [0.4, 0.5) is 0 Å². The summed E-state index contributed by atoms with van der Waals surface area (Å²) in [6.07, 6.45) is 2.68. The van der Waals surface area contributed by atoms with E-state index in [1.165, 1.54) is 0 Å². The van der Waals surface area contributed by atoms with Crippen LogP contribution in [0.15, 0.2) is 54.6 Å². The van der Waals surface area contributed by atoms with E-state index >= 15 is 0 Å². The third kappa shape index (κ3) is 5.42. The lowest BCUT2D eigenvalue weighted by Crippen LogP contribution is -1.94. The predicted molar refractivity (Wildman–Crippen MR) is 83.1 cm³/mol. The molecule has 0 spiro atoms. The van der Waals surface area contributed by atoms with Crippen LogP contribution < -0.4 is 0 Å². The van der Waals surface area contributed by atoms with Gasteiger partial charge in [-0.15, -0.1) is 0 Å². The van der Waals surface area contributed by atoms with Crippen molar-refractivity contribution in [2.45, 2.75) is 13.2 Å². The van der Waals surface area contributed by atoms with Gasteiger partial charge in [0.05, 0.1) is 13.2 Å². The molecule has 0 saturated carbocycles. The molecule has 0 amide bonds. The summed E-state index contributed by atoms with van der Waals surface area (Å²) >= 11 is 5.91. The van der Waals surface area contributed by atoms with E-state index in [1.807, 2.05) is 48.5 Å². The Hall–Kier alpha value is -2.10. The Balaban J connectivity index is 1.91. The fourth-order valence-electron chi connectivity index (χ4n) is 1.87. The van der Waals surface area contributed by atoms with Gasteiger partial charge >= 0.3 is 5.97 Å². The number of carbonyl (C=O) groups is 1. The summed E-state index contributed by atoms with van der Waals surface area (Å²) in [7, 11) is 0. The summed E-state index contributed by atoms with van der Waals surface area (Å²) in [5.74, 6) is -0.961. The van der Waals surface area contributed by atoms with Crippen molar-refractivity contribution in [2.75, 3.05) is 0 Å². The molecule has 108 valence electrons. The molecule has 0 aliphatic rings. The first kappa shape index (κ1) is 15.3. The van der Waals surface area contributed by atoms with E-state index in [0.717, 1.165) is 22.8 Å². The van der Waals surface area contributed by atoms with E-state index in [9.17, 15) is 4.79 Å². The topological polar surface area (TPSA) is 46.5 Å². The van der Waals surface area contributed by atoms with Gasteiger partial charge in [0, 0.05) is 11.1 Å². The second-order valence-corrected chi connectivity index (χ2v) is 4.98. The molecule has 0 aliphatic carbocycles. The average Bonchev–Trinajstić information content (AvgIpc) is 2.46. The molecule has 3 nitrogen and oxygen atoms in total. The molecule has 2 aromatic carbocycles. The van der Waals surface area contributed by atoms with Crippen LogP contribution in [-0.4, -0.2) is 11.1 Å². The number of carboxylic acid groups (broad SMARTS) is 1. The molecule has 0 radical (unpaired) electrons. The molecule has 0 fully saturated rings. The van der Waals surface area contributed by atoms with Gasteiger partial charge in [0.15, 0.2) is 0 Å². The van der Waals surface area contributed by atoms with Crippen molar-refractivity contribution >= 4 is 23.6 Å². The van der Waals surface area contributed by atoms with E-state index in [1.54, 1.807) is 6.08 Å². The van der Waals surface area contributed by atoms with Crippen LogP contribution in [0.2, 0.25) is 5.02 Å². The van der Waals surface area contributed by atoms with Gasteiger partial charge in [-0.05, 0) is 41.0 Å². The van der Waals surface area contributed by atoms with Gasteiger partial charge in [0.25, 0.3) is 0 Å². The van der Waals surface area contributed by atoms with Crippen LogP contribution in [0, 0.1) is 0 Å². The van der Waals surface area contributed by atoms with Gasteiger partial charge in [-0.2, -0.15) is 0 Å². The van der Waals surface area contributed by atoms with Crippen LogP contribution in [-0.2, 0) is 22.7 Å². The minimum atomic E-state index is -0.961. The minimum Gasteiger partial charge on any atom is -0.478 e. The molecule has 21 heavy (non-hydrogen) atoms. The number of hydrogen-bond donors (Lipinski definition) is 1. The van der Waals surface area contributed by atoms with Gasteiger partial charge in [-0.3, -0.25) is 0 Å². The zero-order valence-corrected chi connectivity index (χ0v) is 12.1. The van der Waals surface area contributed by atoms with Gasteiger partial charge in [0.1, 0.15) is 0 Å². The first-order chi connectivity index (χ1) is 10.1. The van der Waals surface area contributed by atoms with Gasteiger partial charge < -0.3 is 9.84 Å². The lowest BCUT2D eigenvalue weighted by atomic mass is 10.1. The van der Waals surface area contributed by atoms with Crippen molar-refractivity contribution < 1.29 is 14.6 Å². The molecule has 0 atom stereocenters. The molecule has 0 unspecified atom stereocenters. The maximum atomic E-state index is 10.5. The Bertz CT molecular complexity index is 650. The van der Waals surface area contributed by atoms with Crippen molar-refractivity contribution in [3.05, 3.63) is 76.3 Å². The molecule has 4 heteroatoms. The number of hydrogen-bond acceptors (Lipinski definition) is 2. The van der Waals surface area contributed by atoms with Crippen molar-refractivity contribution in [1.82, 2.24) is 0 Å². The summed E-state index contributed by atoms with van der Waals surface area (Å²) in [6.45, 7) is 0.941. The average molecular weight is 303 g/mol. The molecule has 0 saturated heterocycles. The number of aliphatic carboxylic acids is 1. The van der Waals surface area contributed by atoms with Gasteiger partial charge in [-0.25, -0.2) is 4.79 Å². The van der Waals surface area contributed by atoms with E-state index in [-0.39, 0.29) is 0 Å². The highest BCUT2D eigenvalue weighted by Crippen LogP contribution is 2.13. The lowest BCUT2D eigenvalue weighted by Gasteiger charge is -2.06. The summed E-state index contributed by atoms with van der Waals surface area (Å²) in [4.78, 5) is 10.5. The smallest absolute Gasteiger partial charge is 0.328 e. The van der Waals surface area contributed by atoms with E-state index in [2.05, 4.69) is 0 Å². The monoisotopic (exact) mass is 302 g/mol. The predicted octanol–water partition coefficient (Wildman–Crippen LogP) is 4.15. The minimum absolute atomic E-state index is 0.460. The first-order valence-electron chi connectivity index (χ1n) is 6.45. The van der Waals surface area contributed by atoms with E-state index < -0.39 is 5.97 Å². The maximum absolute atomic E-state index is 10.5. The number of halogens is 1. The van der Waals surface area contributed by atoms with Crippen molar-refractivity contribution in [2.24, 2.45) is 0 Å². The van der Waals surface area contributed by atoms with Crippen molar-refractivity contribution in [1.29, 1.82) is 0 Å². The Morgan fingerprint density at radius 1 is 1.10 bits per heavy atom. The third-order valence-electron chi connectivity index (χ3n) is 2.80. The Kier molecular flexibility index (Phi) is 5.55. The zero-order valence-electron chi connectivity index (χ0n) is 11.3. The van der Waals surface area contributed by atoms with Gasteiger partial charge in [0.2, 0.25) is 0 Å². The highest BCUT2D eigenvalue weighted by molar-refractivity contribution is 6.30. The molecular weight excluding hydrogens is 288 g/mol. The number of benzene rings is 2. The van der Waals surface area contributed by atoms with E-state index in [0.29, 0.717) is 18.2 Å². The maximum Gasteiger partial charge on any atom is 0.328 e. The lowest BCUT2D eigenvalue weighted by molar-refractivity contribution is -0.131. The molecule has 0 heterocycles. The van der Waals surface area contributed by atoms with Crippen LogP contribution in [0.25, 0.3) is 6.08 Å². The quantitative estimate of drug-likeness (QED) is 0.815. The molecule has 0 aliphatic heterocycles. The molecule has 0 bridgehead atoms. The Labute approximate surface area is 128 Å². The fraction of sp³-hybridized carbons (Fsp3) is 0.118. The molecule has 2 rings (SSSR count). The fourth-order valence-corrected chi connectivity index (χ4v) is 2.08. The summed E-state index contributed by atoms with van der Waals surface area (Å²) < 4.78 is 5.64. The molecule has 1 N–H and O–H groups in total. The normalized spacial score (nSPS) is 10.9. The van der Waals surface area contributed by atoms with Gasteiger partial charge in [-0.1, -0.05) is 41.9 Å². The largest absolute Gasteiger partial charge is 0.478 e. The van der Waals surface area contributed by atoms with Crippen LogP contribution in [0.5, 0.6) is 0 Å². The second kappa shape index (κ2) is 7.62. The second-order valence-electron chi connectivity index (χ2n) is 4.54. The Morgan fingerprint density at radius 3 is 2.43 bits per heavy atom. The van der Waals surface area contributed by atoms with Crippen LogP contribution in [0.3, 0.4) is 0 Å². The highest BCUT2D eigenvalue weighted by atomic mass is 35.5.